The van der Waals surface area contributed by atoms with Gasteiger partial charge in [-0.1, -0.05) is 12.1 Å². The van der Waals surface area contributed by atoms with E-state index in [9.17, 15) is 23.1 Å². The van der Waals surface area contributed by atoms with Gasteiger partial charge < -0.3 is 9.84 Å². The van der Waals surface area contributed by atoms with E-state index in [-0.39, 0.29) is 10.5 Å². The molecule has 1 atom stereocenters. The molecule has 96 valence electrons. The van der Waals surface area contributed by atoms with Gasteiger partial charge in [-0.2, -0.15) is 4.72 Å². The zero-order chi connectivity index (χ0) is 13.6. The minimum absolute atomic E-state index is 0.260. The topological polar surface area (TPSA) is 110 Å². The number of carbonyl (C=O) groups is 2. The molecule has 1 heterocycles. The lowest BCUT2D eigenvalue weighted by Crippen LogP contribution is -2.63. The largest absolute Gasteiger partial charge is 0.465 e. The average molecular weight is 271 g/mol. The van der Waals surface area contributed by atoms with Crippen LogP contribution in [0.25, 0.3) is 0 Å². The van der Waals surface area contributed by atoms with Crippen LogP contribution in [0.4, 0.5) is 0 Å². The van der Waals surface area contributed by atoms with Crippen molar-refractivity contribution in [2.75, 3.05) is 7.11 Å². The minimum Gasteiger partial charge on any atom is -0.465 e. The summed E-state index contributed by atoms with van der Waals surface area (Å²) >= 11 is 0. The first-order valence-corrected chi connectivity index (χ1v) is 6.30. The van der Waals surface area contributed by atoms with Crippen molar-refractivity contribution in [3.05, 3.63) is 29.8 Å². The Morgan fingerprint density at radius 1 is 1.39 bits per heavy atom. The number of methoxy groups -OCH3 is 1. The molecule has 18 heavy (non-hydrogen) atoms. The number of esters is 1. The molecule has 2 N–H and O–H groups in total. The van der Waals surface area contributed by atoms with Crippen molar-refractivity contribution in [3.8, 4) is 0 Å². The summed E-state index contributed by atoms with van der Waals surface area (Å²) in [5.41, 5.74) is -3.17. The molecule has 0 bridgehead atoms. The highest BCUT2D eigenvalue weighted by atomic mass is 32.2. The maximum absolute atomic E-state index is 11.9. The summed E-state index contributed by atoms with van der Waals surface area (Å²) in [5.74, 6) is -2.45. The SMILES string of the molecule is COC(=O)[C@]1(O)NS(=O)(=O)c2ccccc2C1=O. The molecule has 0 fully saturated rings. The van der Waals surface area contributed by atoms with Crippen molar-refractivity contribution in [3.63, 3.8) is 0 Å². The van der Waals surface area contributed by atoms with E-state index >= 15 is 0 Å². The van der Waals surface area contributed by atoms with Crippen LogP contribution in [0.2, 0.25) is 0 Å². The van der Waals surface area contributed by atoms with Gasteiger partial charge in [0, 0.05) is 5.56 Å². The molecule has 0 saturated carbocycles. The van der Waals surface area contributed by atoms with Crippen molar-refractivity contribution in [1.82, 2.24) is 4.72 Å². The molecule has 0 aromatic heterocycles. The highest BCUT2D eigenvalue weighted by molar-refractivity contribution is 7.89. The lowest BCUT2D eigenvalue weighted by Gasteiger charge is -2.29. The number of rotatable bonds is 1. The van der Waals surface area contributed by atoms with E-state index in [4.69, 9.17) is 0 Å². The summed E-state index contributed by atoms with van der Waals surface area (Å²) in [5, 5.41) is 9.88. The molecular formula is C10H9NO6S. The summed E-state index contributed by atoms with van der Waals surface area (Å²) in [7, 11) is -3.23. The van der Waals surface area contributed by atoms with Crippen molar-refractivity contribution >= 4 is 21.8 Å². The van der Waals surface area contributed by atoms with Gasteiger partial charge in [-0.3, -0.25) is 4.79 Å². The van der Waals surface area contributed by atoms with Gasteiger partial charge in [0.1, 0.15) is 0 Å². The number of benzene rings is 1. The Balaban J connectivity index is 2.70. The summed E-state index contributed by atoms with van der Waals surface area (Å²) in [6.45, 7) is 0. The third-order valence-corrected chi connectivity index (χ3v) is 4.01. The van der Waals surface area contributed by atoms with Gasteiger partial charge in [0.05, 0.1) is 12.0 Å². The lowest BCUT2D eigenvalue weighted by molar-refractivity contribution is -0.158. The first-order chi connectivity index (χ1) is 8.33. The number of aliphatic hydroxyl groups is 1. The van der Waals surface area contributed by atoms with Crippen LogP contribution in [0.1, 0.15) is 10.4 Å². The summed E-state index contributed by atoms with van der Waals surface area (Å²) in [6, 6.07) is 5.26. The summed E-state index contributed by atoms with van der Waals surface area (Å²) in [6.07, 6.45) is 0. The van der Waals surface area contributed by atoms with Crippen LogP contribution >= 0.6 is 0 Å². The molecule has 8 heteroatoms. The lowest BCUT2D eigenvalue weighted by atomic mass is 10.0. The van der Waals surface area contributed by atoms with E-state index < -0.39 is 27.5 Å². The van der Waals surface area contributed by atoms with Gasteiger partial charge in [-0.25, -0.2) is 13.2 Å². The molecule has 0 unspecified atom stereocenters. The molecule has 0 amide bonds. The van der Waals surface area contributed by atoms with E-state index in [1.54, 1.807) is 4.72 Å². The van der Waals surface area contributed by atoms with E-state index in [2.05, 4.69) is 4.74 Å². The molecule has 1 aliphatic heterocycles. The second-order valence-electron chi connectivity index (χ2n) is 3.63. The second-order valence-corrected chi connectivity index (χ2v) is 5.28. The fraction of sp³-hybridized carbons (Fsp3) is 0.200. The Morgan fingerprint density at radius 3 is 2.61 bits per heavy atom. The normalized spacial score (nSPS) is 25.3. The third-order valence-electron chi connectivity index (χ3n) is 2.51. The van der Waals surface area contributed by atoms with Crippen LogP contribution in [0.5, 0.6) is 0 Å². The van der Waals surface area contributed by atoms with Gasteiger partial charge in [-0.05, 0) is 12.1 Å². The Labute approximate surface area is 102 Å². The van der Waals surface area contributed by atoms with E-state index in [1.165, 1.54) is 24.3 Å². The van der Waals surface area contributed by atoms with Crippen molar-refractivity contribution < 1.29 is 27.9 Å². The van der Waals surface area contributed by atoms with Crippen LogP contribution < -0.4 is 4.72 Å². The Morgan fingerprint density at radius 2 is 2.00 bits per heavy atom. The molecule has 1 aliphatic rings. The Hall–Kier alpha value is -1.77. The zero-order valence-electron chi connectivity index (χ0n) is 9.21. The van der Waals surface area contributed by atoms with Gasteiger partial charge in [-0.15, -0.1) is 0 Å². The monoisotopic (exact) mass is 271 g/mol. The molecule has 0 radical (unpaired) electrons. The zero-order valence-corrected chi connectivity index (χ0v) is 10.0. The molecule has 0 saturated heterocycles. The van der Waals surface area contributed by atoms with Gasteiger partial charge in [0.15, 0.2) is 0 Å². The van der Waals surface area contributed by atoms with Gasteiger partial charge in [0.25, 0.3) is 5.72 Å². The minimum atomic E-state index is -4.16. The van der Waals surface area contributed by atoms with Crippen molar-refractivity contribution in [1.29, 1.82) is 0 Å². The average Bonchev–Trinajstić information content (AvgIpc) is 2.35. The van der Waals surface area contributed by atoms with E-state index in [0.717, 1.165) is 7.11 Å². The smallest absolute Gasteiger partial charge is 0.363 e. The number of ketones is 1. The number of Topliss-reactive ketones (excluding diaryl/α,β-unsaturated/α-hetero) is 1. The van der Waals surface area contributed by atoms with Crippen LogP contribution in [-0.2, 0) is 19.6 Å². The number of hydrogen-bond acceptors (Lipinski definition) is 6. The van der Waals surface area contributed by atoms with E-state index in [0.29, 0.717) is 0 Å². The Bertz CT molecular complexity index is 638. The van der Waals surface area contributed by atoms with E-state index in [1.807, 2.05) is 0 Å². The molecule has 0 aliphatic carbocycles. The van der Waals surface area contributed by atoms with Crippen LogP contribution in [0, 0.1) is 0 Å². The molecule has 7 nitrogen and oxygen atoms in total. The number of carbonyl (C=O) groups excluding carboxylic acids is 2. The first kappa shape index (κ1) is 12.7. The second kappa shape index (κ2) is 3.87. The van der Waals surface area contributed by atoms with Crippen LogP contribution in [0.15, 0.2) is 29.2 Å². The van der Waals surface area contributed by atoms with Crippen LogP contribution in [-0.4, -0.2) is 38.1 Å². The molecule has 0 spiro atoms. The van der Waals surface area contributed by atoms with Gasteiger partial charge in [0.2, 0.25) is 15.8 Å². The first-order valence-electron chi connectivity index (χ1n) is 4.81. The standard InChI is InChI=1S/C10H9NO6S/c1-17-9(13)10(14)8(12)6-4-2-3-5-7(6)18(15,16)11-10/h2-5,11,14H,1H3/t10-/m0/s1. The quantitative estimate of drug-likeness (QED) is 0.502. The maximum atomic E-state index is 11.9. The fourth-order valence-electron chi connectivity index (χ4n) is 1.66. The summed E-state index contributed by atoms with van der Waals surface area (Å²) in [4.78, 5) is 23.0. The molecule has 1 aromatic carbocycles. The van der Waals surface area contributed by atoms with Crippen molar-refractivity contribution in [2.24, 2.45) is 0 Å². The molecule has 2 rings (SSSR count). The predicted molar refractivity (Wildman–Crippen MR) is 58.1 cm³/mol. The predicted octanol–water partition coefficient (Wildman–Crippen LogP) is -0.977. The van der Waals surface area contributed by atoms with Crippen molar-refractivity contribution in [2.45, 2.75) is 10.6 Å². The van der Waals surface area contributed by atoms with Crippen LogP contribution in [0.3, 0.4) is 0 Å². The number of nitrogens with one attached hydrogen (secondary N) is 1. The highest BCUT2D eigenvalue weighted by Crippen LogP contribution is 2.27. The highest BCUT2D eigenvalue weighted by Gasteiger charge is 2.53. The number of ether oxygens (including phenoxy) is 1. The fourth-order valence-corrected chi connectivity index (χ4v) is 3.04. The third kappa shape index (κ3) is 1.62. The molecular weight excluding hydrogens is 262 g/mol. The number of fused-ring (bicyclic) bond motifs is 1. The molecule has 1 aromatic rings. The Kier molecular flexibility index (Phi) is 2.73. The summed E-state index contributed by atoms with van der Waals surface area (Å²) < 4.78 is 29.5. The number of sulfonamides is 1. The van der Waals surface area contributed by atoms with Gasteiger partial charge >= 0.3 is 5.97 Å². The number of hydrogen-bond donors (Lipinski definition) is 2. The maximum Gasteiger partial charge on any atom is 0.363 e.